The first-order chi connectivity index (χ1) is 26.4. The van der Waals surface area contributed by atoms with E-state index in [2.05, 4.69) is 174 Å². The van der Waals surface area contributed by atoms with Crippen molar-refractivity contribution in [1.82, 2.24) is 0 Å². The van der Waals surface area contributed by atoms with Crippen LogP contribution in [0.15, 0.2) is 127 Å². The molecule has 55 heavy (non-hydrogen) atoms. The van der Waals surface area contributed by atoms with Gasteiger partial charge in [0.15, 0.2) is 0 Å². The highest BCUT2D eigenvalue weighted by atomic mass is 32.1. The summed E-state index contributed by atoms with van der Waals surface area (Å²) in [5.74, 6) is 0. The van der Waals surface area contributed by atoms with Crippen LogP contribution in [0.3, 0.4) is 0 Å². The van der Waals surface area contributed by atoms with Crippen LogP contribution in [0.5, 0.6) is 0 Å². The number of benzene rings is 5. The van der Waals surface area contributed by atoms with Crippen LogP contribution in [-0.2, 0) is 16.2 Å². The second kappa shape index (κ2) is 11.8. The molecule has 0 bridgehead atoms. The molecule has 5 aromatic carbocycles. The van der Waals surface area contributed by atoms with Crippen molar-refractivity contribution in [2.45, 2.75) is 64.7 Å². The Morgan fingerprint density at radius 1 is 0.527 bits per heavy atom. The van der Waals surface area contributed by atoms with Gasteiger partial charge in [-0.25, -0.2) is 0 Å². The molecule has 7 aromatic rings. The largest absolute Gasteiger partial charge is 0.310 e. The van der Waals surface area contributed by atoms with Crippen molar-refractivity contribution in [3.63, 3.8) is 0 Å². The molecule has 3 aliphatic rings. The van der Waals surface area contributed by atoms with Crippen LogP contribution in [0.2, 0.25) is 0 Å². The van der Waals surface area contributed by atoms with Gasteiger partial charge in [-0.15, -0.1) is 22.7 Å². The van der Waals surface area contributed by atoms with Crippen LogP contribution in [0.1, 0.15) is 86.7 Å². The molecule has 0 atom stereocenters. The molecule has 0 spiro atoms. The van der Waals surface area contributed by atoms with Gasteiger partial charge >= 0.3 is 0 Å². The van der Waals surface area contributed by atoms with Gasteiger partial charge in [-0.1, -0.05) is 114 Å². The summed E-state index contributed by atoms with van der Waals surface area (Å²) in [4.78, 5) is 7.60. The van der Waals surface area contributed by atoms with E-state index >= 15 is 0 Å². The van der Waals surface area contributed by atoms with E-state index in [9.17, 15) is 5.26 Å². The fourth-order valence-corrected chi connectivity index (χ4v) is 12.4. The molecule has 2 nitrogen and oxygen atoms in total. The number of nitriles is 1. The number of allylic oxidation sites excluding steroid dienone is 1. The molecule has 0 aliphatic heterocycles. The van der Waals surface area contributed by atoms with Crippen molar-refractivity contribution in [2.75, 3.05) is 4.90 Å². The first-order valence-electron chi connectivity index (χ1n) is 19.1. The predicted octanol–water partition coefficient (Wildman–Crippen LogP) is 14.8. The number of nitrogens with zero attached hydrogens (tertiary/aromatic N) is 2. The average molecular weight is 747 g/mol. The van der Waals surface area contributed by atoms with Crippen molar-refractivity contribution in [3.8, 4) is 48.5 Å². The van der Waals surface area contributed by atoms with Gasteiger partial charge in [-0.3, -0.25) is 0 Å². The lowest BCUT2D eigenvalue weighted by Crippen LogP contribution is -2.18. The molecule has 0 unspecified atom stereocenters. The van der Waals surface area contributed by atoms with Gasteiger partial charge in [-0.05, 0) is 123 Å². The molecular formula is C51H42N2S2. The molecule has 0 saturated heterocycles. The van der Waals surface area contributed by atoms with Gasteiger partial charge in [-0.2, -0.15) is 5.26 Å². The Morgan fingerprint density at radius 2 is 1.00 bits per heavy atom. The fraction of sp³-hybridized carbons (Fsp3) is 0.196. The SMILES string of the molecule is C/C(C#N)=C\c1cc2c(s1)-c1sc(-c3ccc(N(c4ccc5c(c4)C(C)(C)c4ccccc4-5)c4ccc5c(c4)C(C)(C)c4ccccc4-5)cc3)cc1C2(C)C. The third-order valence-electron chi connectivity index (χ3n) is 12.6. The fourth-order valence-electron chi connectivity index (χ4n) is 9.56. The standard InChI is InChI=1S/C51H42N2S2/c1-30(29-52)24-35-27-44-47(54-35)48-45(51(44,6)7)28-46(55-48)31-16-18-32(19-17-31)53(33-20-22-38-36-12-8-10-14-40(36)49(2,3)42(38)25-33)34-21-23-39-37-13-9-11-15-41(37)50(4,5)43(39)26-34/h8-28H,1-7H3/b30-24+. The predicted molar refractivity (Wildman–Crippen MR) is 234 cm³/mol. The van der Waals surface area contributed by atoms with Gasteiger partial charge in [0.05, 0.1) is 6.07 Å². The second-order valence-corrected chi connectivity index (χ2v) is 19.1. The molecule has 0 saturated carbocycles. The minimum atomic E-state index is -0.0968. The Bertz CT molecular complexity index is 2710. The molecule has 0 fully saturated rings. The quantitative estimate of drug-likeness (QED) is 0.164. The molecule has 2 aromatic heterocycles. The lowest BCUT2D eigenvalue weighted by Gasteiger charge is -2.30. The maximum atomic E-state index is 9.38. The van der Waals surface area contributed by atoms with Crippen molar-refractivity contribution >= 4 is 45.8 Å². The van der Waals surface area contributed by atoms with Crippen LogP contribution in [-0.4, -0.2) is 0 Å². The highest BCUT2D eigenvalue weighted by Gasteiger charge is 2.40. The van der Waals surface area contributed by atoms with Crippen LogP contribution in [0.25, 0.3) is 48.5 Å². The Labute approximate surface area is 332 Å². The second-order valence-electron chi connectivity index (χ2n) is 17.0. The summed E-state index contributed by atoms with van der Waals surface area (Å²) in [5, 5.41) is 9.38. The third-order valence-corrected chi connectivity index (χ3v) is 15.1. The molecular weight excluding hydrogens is 705 g/mol. The van der Waals surface area contributed by atoms with Crippen LogP contribution in [0, 0.1) is 11.3 Å². The number of hydrogen-bond donors (Lipinski definition) is 0. The van der Waals surface area contributed by atoms with Crippen LogP contribution < -0.4 is 4.90 Å². The summed E-state index contributed by atoms with van der Waals surface area (Å²) in [6, 6.07) is 48.1. The van der Waals surface area contributed by atoms with E-state index < -0.39 is 0 Å². The van der Waals surface area contributed by atoms with Crippen molar-refractivity contribution < 1.29 is 0 Å². The topological polar surface area (TPSA) is 27.0 Å². The normalized spacial score (nSPS) is 16.1. The summed E-state index contributed by atoms with van der Waals surface area (Å²) in [7, 11) is 0. The van der Waals surface area contributed by atoms with E-state index in [1.54, 1.807) is 11.3 Å². The van der Waals surface area contributed by atoms with Crippen molar-refractivity contribution in [3.05, 3.63) is 165 Å². The van der Waals surface area contributed by atoms with E-state index in [0.29, 0.717) is 0 Å². The number of fused-ring (bicyclic) bond motifs is 9. The molecule has 10 rings (SSSR count). The number of hydrogen-bond acceptors (Lipinski definition) is 4. The highest BCUT2D eigenvalue weighted by molar-refractivity contribution is 7.24. The van der Waals surface area contributed by atoms with Crippen LogP contribution in [0.4, 0.5) is 17.1 Å². The summed E-state index contributed by atoms with van der Waals surface area (Å²) in [6.07, 6.45) is 2.01. The molecule has 0 N–H and O–H groups in total. The van der Waals surface area contributed by atoms with E-state index in [-0.39, 0.29) is 16.2 Å². The molecule has 2 heterocycles. The van der Waals surface area contributed by atoms with E-state index in [4.69, 9.17) is 0 Å². The zero-order valence-corrected chi connectivity index (χ0v) is 34.0. The summed E-state index contributed by atoms with van der Waals surface area (Å²) >= 11 is 3.70. The summed E-state index contributed by atoms with van der Waals surface area (Å²) in [5.41, 5.74) is 18.8. The van der Waals surface area contributed by atoms with Gasteiger partial charge in [0.1, 0.15) is 0 Å². The Balaban J connectivity index is 1.08. The van der Waals surface area contributed by atoms with Gasteiger partial charge in [0.25, 0.3) is 0 Å². The van der Waals surface area contributed by atoms with Gasteiger partial charge < -0.3 is 4.90 Å². The maximum absolute atomic E-state index is 9.38. The minimum absolute atomic E-state index is 0.0820. The Kier molecular flexibility index (Phi) is 7.28. The number of thiophene rings is 2. The van der Waals surface area contributed by atoms with Crippen molar-refractivity contribution in [1.29, 1.82) is 5.26 Å². The zero-order chi connectivity index (χ0) is 38.0. The monoisotopic (exact) mass is 746 g/mol. The van der Waals surface area contributed by atoms with Gasteiger partial charge in [0.2, 0.25) is 0 Å². The van der Waals surface area contributed by atoms with E-state index in [0.717, 1.165) is 16.1 Å². The lowest BCUT2D eigenvalue weighted by atomic mass is 9.82. The van der Waals surface area contributed by atoms with E-state index in [1.807, 2.05) is 24.3 Å². The molecule has 3 aliphatic carbocycles. The smallest absolute Gasteiger partial charge is 0.0944 e. The van der Waals surface area contributed by atoms with Crippen molar-refractivity contribution in [2.24, 2.45) is 0 Å². The number of rotatable bonds is 5. The summed E-state index contributed by atoms with van der Waals surface area (Å²) < 4.78 is 0. The van der Waals surface area contributed by atoms with E-state index in [1.165, 1.54) is 87.2 Å². The highest BCUT2D eigenvalue weighted by Crippen LogP contribution is 2.58. The summed E-state index contributed by atoms with van der Waals surface area (Å²) in [6.45, 7) is 16.0. The molecule has 268 valence electrons. The first-order valence-corrected chi connectivity index (χ1v) is 20.8. The first kappa shape index (κ1) is 34.1. The average Bonchev–Trinajstić information content (AvgIpc) is 3.96. The van der Waals surface area contributed by atoms with Crippen LogP contribution >= 0.6 is 22.7 Å². The minimum Gasteiger partial charge on any atom is -0.310 e. The molecule has 0 radical (unpaired) electrons. The Morgan fingerprint density at radius 3 is 1.56 bits per heavy atom. The molecule has 0 amide bonds. The molecule has 4 heteroatoms. The van der Waals surface area contributed by atoms with Gasteiger partial charge in [0, 0.05) is 58.4 Å². The number of anilines is 3. The Hall–Kier alpha value is -5.47. The third kappa shape index (κ3) is 4.89. The lowest BCUT2D eigenvalue weighted by molar-refractivity contribution is 0.660. The maximum Gasteiger partial charge on any atom is 0.0944 e. The zero-order valence-electron chi connectivity index (χ0n) is 32.3.